The molecule has 1 aromatic carbocycles. The number of rotatable bonds is 2. The summed E-state index contributed by atoms with van der Waals surface area (Å²) in [4.78, 5) is 11.4. The largest absolute Gasteiger partial charge is 0.320 e. The maximum absolute atomic E-state index is 13.1. The van der Waals surface area contributed by atoms with Crippen molar-refractivity contribution in [2.24, 2.45) is 5.73 Å². The Bertz CT molecular complexity index is 396. The van der Waals surface area contributed by atoms with E-state index in [1.807, 2.05) is 0 Å². The first kappa shape index (κ1) is 10.0. The number of nitrogens with two attached hydrogens (primary N) is 1. The van der Waals surface area contributed by atoms with Crippen molar-refractivity contribution in [1.29, 1.82) is 0 Å². The summed E-state index contributed by atoms with van der Waals surface area (Å²) in [5.41, 5.74) is 4.21. The van der Waals surface area contributed by atoms with E-state index >= 15 is 0 Å². The zero-order valence-corrected chi connectivity index (χ0v) is 7.89. The maximum atomic E-state index is 13.1. The van der Waals surface area contributed by atoms with Crippen molar-refractivity contribution in [1.82, 2.24) is 0 Å². The number of carbonyl (C=O) groups excluding carboxylic acids is 1. The summed E-state index contributed by atoms with van der Waals surface area (Å²) in [5, 5.41) is 2.17. The van der Waals surface area contributed by atoms with Gasteiger partial charge in [-0.05, 0) is 25.0 Å². The Morgan fingerprint density at radius 3 is 2.33 bits per heavy atom. The molecule has 0 radical (unpaired) electrons. The van der Waals surface area contributed by atoms with Crippen molar-refractivity contribution >= 4 is 11.6 Å². The molecule has 15 heavy (non-hydrogen) atoms. The Balaban J connectivity index is 2.20. The molecule has 1 aliphatic rings. The van der Waals surface area contributed by atoms with Crippen LogP contribution in [0.1, 0.15) is 12.8 Å². The molecule has 80 valence electrons. The molecule has 0 heterocycles. The molecule has 1 aromatic rings. The first-order chi connectivity index (χ1) is 7.03. The van der Waals surface area contributed by atoms with E-state index in [2.05, 4.69) is 5.32 Å². The number of carbonyl (C=O) groups is 1. The molecule has 0 atom stereocenters. The molecule has 1 amide bonds. The lowest BCUT2D eigenvalue weighted by molar-refractivity contribution is -0.118. The van der Waals surface area contributed by atoms with Crippen LogP contribution in [0.5, 0.6) is 0 Å². The van der Waals surface area contributed by atoms with Crippen LogP contribution in [-0.2, 0) is 4.79 Å². The van der Waals surface area contributed by atoms with Crippen molar-refractivity contribution < 1.29 is 13.6 Å². The number of halogens is 2. The molecule has 1 fully saturated rings. The van der Waals surface area contributed by atoms with Gasteiger partial charge in [-0.1, -0.05) is 6.07 Å². The van der Waals surface area contributed by atoms with Crippen LogP contribution in [0.25, 0.3) is 0 Å². The molecule has 1 aliphatic carbocycles. The van der Waals surface area contributed by atoms with E-state index in [4.69, 9.17) is 5.73 Å². The van der Waals surface area contributed by atoms with E-state index < -0.39 is 28.8 Å². The van der Waals surface area contributed by atoms with Gasteiger partial charge in [0.15, 0.2) is 0 Å². The summed E-state index contributed by atoms with van der Waals surface area (Å²) in [6, 6.07) is 3.39. The molecule has 1 saturated carbocycles. The minimum atomic E-state index is -0.936. The van der Waals surface area contributed by atoms with Gasteiger partial charge in [0, 0.05) is 0 Å². The monoisotopic (exact) mass is 212 g/mol. The third-order valence-electron chi connectivity index (χ3n) is 2.44. The van der Waals surface area contributed by atoms with Crippen molar-refractivity contribution in [3.63, 3.8) is 0 Å². The number of amides is 1. The van der Waals surface area contributed by atoms with Crippen molar-refractivity contribution in [3.8, 4) is 0 Å². The quantitative estimate of drug-likeness (QED) is 0.778. The van der Waals surface area contributed by atoms with Gasteiger partial charge in [-0.25, -0.2) is 8.78 Å². The SMILES string of the molecule is NC1(C(=O)Nc2c(F)cccc2F)CC1. The number of para-hydroxylation sites is 1. The minimum absolute atomic E-state index is 0.431. The van der Waals surface area contributed by atoms with Gasteiger partial charge in [-0.2, -0.15) is 0 Å². The first-order valence-corrected chi connectivity index (χ1v) is 4.57. The van der Waals surface area contributed by atoms with E-state index in [9.17, 15) is 13.6 Å². The second-order valence-corrected chi connectivity index (χ2v) is 3.71. The van der Waals surface area contributed by atoms with Gasteiger partial charge in [0.2, 0.25) is 5.91 Å². The van der Waals surface area contributed by atoms with E-state index in [1.165, 1.54) is 6.07 Å². The fraction of sp³-hybridized carbons (Fsp3) is 0.300. The lowest BCUT2D eigenvalue weighted by Crippen LogP contribution is -2.38. The van der Waals surface area contributed by atoms with Gasteiger partial charge in [-0.3, -0.25) is 4.79 Å². The highest BCUT2D eigenvalue weighted by atomic mass is 19.1. The fourth-order valence-corrected chi connectivity index (χ4v) is 1.22. The third kappa shape index (κ3) is 1.83. The zero-order valence-electron chi connectivity index (χ0n) is 7.89. The molecule has 5 heteroatoms. The van der Waals surface area contributed by atoms with Crippen LogP contribution in [-0.4, -0.2) is 11.4 Å². The lowest BCUT2D eigenvalue weighted by atomic mass is 10.2. The summed E-state index contributed by atoms with van der Waals surface area (Å²) < 4.78 is 26.2. The van der Waals surface area contributed by atoms with E-state index in [0.717, 1.165) is 12.1 Å². The molecule has 2 rings (SSSR count). The molecule has 0 saturated heterocycles. The molecule has 0 unspecified atom stereocenters. The van der Waals surface area contributed by atoms with Crippen LogP contribution in [0, 0.1) is 11.6 Å². The van der Waals surface area contributed by atoms with Crippen LogP contribution < -0.4 is 11.1 Å². The Labute approximate surface area is 85.3 Å². The molecule has 3 N–H and O–H groups in total. The van der Waals surface area contributed by atoms with Crippen molar-refractivity contribution in [2.45, 2.75) is 18.4 Å². The average molecular weight is 212 g/mol. The molecular weight excluding hydrogens is 202 g/mol. The number of hydrogen-bond acceptors (Lipinski definition) is 2. The minimum Gasteiger partial charge on any atom is -0.320 e. The summed E-state index contributed by atoms with van der Waals surface area (Å²) in [5.74, 6) is -2.13. The Hall–Kier alpha value is -1.49. The lowest BCUT2D eigenvalue weighted by Gasteiger charge is -2.11. The van der Waals surface area contributed by atoms with Gasteiger partial charge in [0.05, 0.1) is 5.54 Å². The third-order valence-corrected chi connectivity index (χ3v) is 2.44. The normalized spacial score (nSPS) is 17.3. The molecule has 0 aliphatic heterocycles. The maximum Gasteiger partial charge on any atom is 0.244 e. The smallest absolute Gasteiger partial charge is 0.244 e. The predicted molar refractivity (Wildman–Crippen MR) is 51.1 cm³/mol. The topological polar surface area (TPSA) is 55.1 Å². The molecule has 0 spiro atoms. The van der Waals surface area contributed by atoms with Crippen LogP contribution >= 0.6 is 0 Å². The number of benzene rings is 1. The number of nitrogens with one attached hydrogen (secondary N) is 1. The second kappa shape index (κ2) is 3.27. The molecule has 3 nitrogen and oxygen atoms in total. The first-order valence-electron chi connectivity index (χ1n) is 4.57. The highest BCUT2D eigenvalue weighted by Gasteiger charge is 2.46. The van der Waals surface area contributed by atoms with Gasteiger partial charge >= 0.3 is 0 Å². The molecule has 0 bridgehead atoms. The summed E-state index contributed by atoms with van der Waals surface area (Å²) in [7, 11) is 0. The molecule has 0 aromatic heterocycles. The van der Waals surface area contributed by atoms with Gasteiger partial charge in [0.25, 0.3) is 0 Å². The standard InChI is InChI=1S/C10H10F2N2O/c11-6-2-1-3-7(12)8(6)14-9(15)10(13)4-5-10/h1-3H,4-5,13H2,(H,14,15). The van der Waals surface area contributed by atoms with E-state index in [-0.39, 0.29) is 0 Å². The van der Waals surface area contributed by atoms with Crippen molar-refractivity contribution in [3.05, 3.63) is 29.8 Å². The zero-order chi connectivity index (χ0) is 11.1. The van der Waals surface area contributed by atoms with Gasteiger partial charge < -0.3 is 11.1 Å². The average Bonchev–Trinajstić information content (AvgIpc) is 2.91. The van der Waals surface area contributed by atoms with Crippen LogP contribution in [0.4, 0.5) is 14.5 Å². The second-order valence-electron chi connectivity index (χ2n) is 3.71. The number of anilines is 1. The van der Waals surface area contributed by atoms with Crippen molar-refractivity contribution in [2.75, 3.05) is 5.32 Å². The highest BCUT2D eigenvalue weighted by molar-refractivity contribution is 6.00. The Morgan fingerprint density at radius 2 is 1.87 bits per heavy atom. The number of hydrogen-bond donors (Lipinski definition) is 2. The fourth-order valence-electron chi connectivity index (χ4n) is 1.22. The Kier molecular flexibility index (Phi) is 2.19. The van der Waals surface area contributed by atoms with Crippen LogP contribution in [0.2, 0.25) is 0 Å². The molecular formula is C10H10F2N2O. The predicted octanol–water partition coefficient (Wildman–Crippen LogP) is 1.39. The highest BCUT2D eigenvalue weighted by Crippen LogP contribution is 2.33. The summed E-state index contributed by atoms with van der Waals surface area (Å²) in [6.07, 6.45) is 1.10. The summed E-state index contributed by atoms with van der Waals surface area (Å²) >= 11 is 0. The van der Waals surface area contributed by atoms with Crippen LogP contribution in [0.15, 0.2) is 18.2 Å². The van der Waals surface area contributed by atoms with E-state index in [0.29, 0.717) is 12.8 Å². The summed E-state index contributed by atoms with van der Waals surface area (Å²) in [6.45, 7) is 0. The van der Waals surface area contributed by atoms with Gasteiger partial charge in [0.1, 0.15) is 17.3 Å². The van der Waals surface area contributed by atoms with Gasteiger partial charge in [-0.15, -0.1) is 0 Å². The Morgan fingerprint density at radius 1 is 1.33 bits per heavy atom. The van der Waals surface area contributed by atoms with E-state index in [1.54, 1.807) is 0 Å². The van der Waals surface area contributed by atoms with Crippen LogP contribution in [0.3, 0.4) is 0 Å².